The molecule has 0 saturated heterocycles. The maximum atomic E-state index is 4.91. The quantitative estimate of drug-likeness (QED) is 0.482. The third-order valence-electron chi connectivity index (χ3n) is 1.57. The van der Waals surface area contributed by atoms with Crippen molar-refractivity contribution in [3.8, 4) is 0 Å². The first-order valence-electron chi connectivity index (χ1n) is 2.72. The van der Waals surface area contributed by atoms with Crippen LogP contribution in [-0.2, 0) is 4.74 Å². The van der Waals surface area contributed by atoms with Crippen LogP contribution in [0.2, 0.25) is 0 Å². The molecule has 0 amide bonds. The molecule has 0 N–H and O–H groups in total. The first-order valence-corrected chi connectivity index (χ1v) is 2.72. The first-order chi connectivity index (χ1) is 3.30. The maximum Gasteiger partial charge on any atom is 0.154 e. The van der Waals surface area contributed by atoms with Gasteiger partial charge in [-0.2, -0.15) is 0 Å². The lowest BCUT2D eigenvalue weighted by atomic mass is 10.1. The van der Waals surface area contributed by atoms with E-state index in [0.29, 0.717) is 0 Å². The van der Waals surface area contributed by atoms with Gasteiger partial charge in [0.15, 0.2) is 11.5 Å². The number of rotatable bonds is 1. The fourth-order valence-corrected chi connectivity index (χ4v) is 0.966. The molecule has 2 rings (SSSR count). The number of ether oxygens (including phenoxy) is 1. The molecule has 0 aromatic carbocycles. The highest BCUT2D eigenvalue weighted by atomic mass is 16.6. The minimum absolute atomic E-state index is 0.778. The summed E-state index contributed by atoms with van der Waals surface area (Å²) in [4.78, 5) is 0. The Kier molecular flexibility index (Phi) is 0.366. The van der Waals surface area contributed by atoms with Gasteiger partial charge in [0.1, 0.15) is 0 Å². The van der Waals surface area contributed by atoms with Crippen molar-refractivity contribution in [2.75, 3.05) is 0 Å². The highest BCUT2D eigenvalue weighted by Gasteiger charge is 2.56. The van der Waals surface area contributed by atoms with Crippen molar-refractivity contribution in [1.29, 1.82) is 0 Å². The Balaban J connectivity index is 1.94. The van der Waals surface area contributed by atoms with E-state index in [2.05, 4.69) is 13.8 Å². The summed E-state index contributed by atoms with van der Waals surface area (Å²) in [6.45, 7) is 4.44. The number of hydrogen-bond donors (Lipinski definition) is 0. The smallest absolute Gasteiger partial charge is 0.154 e. The van der Waals surface area contributed by atoms with Crippen molar-refractivity contribution in [3.63, 3.8) is 0 Å². The average molecular weight is 96.1 g/mol. The molecule has 1 heterocycles. The Bertz CT molecular complexity index is 132. The van der Waals surface area contributed by atoms with Crippen LogP contribution in [0.4, 0.5) is 0 Å². The summed E-state index contributed by atoms with van der Waals surface area (Å²) in [5.74, 6) is 4.14. The van der Waals surface area contributed by atoms with Crippen molar-refractivity contribution in [2.45, 2.75) is 13.8 Å². The molecule has 1 aliphatic carbocycles. The van der Waals surface area contributed by atoms with Crippen molar-refractivity contribution < 1.29 is 4.74 Å². The van der Waals surface area contributed by atoms with Crippen LogP contribution in [0.15, 0.2) is 11.5 Å². The third-order valence-corrected chi connectivity index (χ3v) is 1.57. The minimum atomic E-state index is 0.778. The van der Waals surface area contributed by atoms with Gasteiger partial charge in [-0.1, -0.05) is 13.8 Å². The molecule has 0 aromatic rings. The van der Waals surface area contributed by atoms with Gasteiger partial charge >= 0.3 is 0 Å². The van der Waals surface area contributed by atoms with E-state index in [1.807, 2.05) is 0 Å². The molecule has 0 aromatic heterocycles. The van der Waals surface area contributed by atoms with Gasteiger partial charge in [-0.25, -0.2) is 0 Å². The van der Waals surface area contributed by atoms with E-state index in [9.17, 15) is 0 Å². The van der Waals surface area contributed by atoms with Gasteiger partial charge < -0.3 is 4.74 Å². The molecule has 0 spiro atoms. The van der Waals surface area contributed by atoms with Crippen LogP contribution >= 0.6 is 0 Å². The molecule has 38 valence electrons. The summed E-state index contributed by atoms with van der Waals surface area (Å²) >= 11 is 0. The lowest BCUT2D eigenvalue weighted by molar-refractivity contribution is 0.278. The fourth-order valence-electron chi connectivity index (χ4n) is 0.966. The zero-order valence-electron chi connectivity index (χ0n) is 4.56. The van der Waals surface area contributed by atoms with E-state index in [-0.39, 0.29) is 0 Å². The summed E-state index contributed by atoms with van der Waals surface area (Å²) in [5.41, 5.74) is 0. The summed E-state index contributed by atoms with van der Waals surface area (Å²) in [7, 11) is 0. The van der Waals surface area contributed by atoms with Gasteiger partial charge in [0.25, 0.3) is 0 Å². The molecule has 0 fully saturated rings. The second kappa shape index (κ2) is 0.726. The zero-order valence-corrected chi connectivity index (χ0v) is 4.56. The van der Waals surface area contributed by atoms with Gasteiger partial charge in [-0.3, -0.25) is 0 Å². The molecule has 7 heavy (non-hydrogen) atoms. The van der Waals surface area contributed by atoms with E-state index >= 15 is 0 Å². The standard InChI is InChI=1S/C6H8O/c1-3(2)4-5-6(4)7-5/h3-4H,1-2H3. The Morgan fingerprint density at radius 3 is 2.00 bits per heavy atom. The molecule has 2 aliphatic rings. The monoisotopic (exact) mass is 96.1 g/mol. The Morgan fingerprint density at radius 2 is 2.00 bits per heavy atom. The SMILES string of the molecule is CC(C)C1C2=C1O2. The minimum Gasteiger partial charge on any atom is -0.457 e. The summed E-state index contributed by atoms with van der Waals surface area (Å²) in [6.07, 6.45) is 0. The molecule has 1 nitrogen and oxygen atoms in total. The van der Waals surface area contributed by atoms with E-state index in [0.717, 1.165) is 11.8 Å². The Hall–Kier alpha value is -0.460. The Morgan fingerprint density at radius 1 is 1.43 bits per heavy atom. The van der Waals surface area contributed by atoms with Crippen LogP contribution in [-0.4, -0.2) is 0 Å². The van der Waals surface area contributed by atoms with Crippen molar-refractivity contribution in [2.24, 2.45) is 11.8 Å². The van der Waals surface area contributed by atoms with E-state index in [1.54, 1.807) is 0 Å². The summed E-state index contributed by atoms with van der Waals surface area (Å²) < 4.78 is 4.91. The van der Waals surface area contributed by atoms with Crippen LogP contribution in [0.5, 0.6) is 0 Å². The van der Waals surface area contributed by atoms with Crippen molar-refractivity contribution in [3.05, 3.63) is 11.5 Å². The number of allylic oxidation sites excluding steroid dienone is 2. The van der Waals surface area contributed by atoms with Crippen LogP contribution in [0.3, 0.4) is 0 Å². The van der Waals surface area contributed by atoms with E-state index in [1.165, 1.54) is 11.5 Å². The third kappa shape index (κ3) is 0.287. The van der Waals surface area contributed by atoms with Crippen LogP contribution in [0.1, 0.15) is 13.8 Å². The van der Waals surface area contributed by atoms with Gasteiger partial charge in [0.05, 0.1) is 5.92 Å². The van der Waals surface area contributed by atoms with Crippen LogP contribution in [0.25, 0.3) is 0 Å². The second-order valence-corrected chi connectivity index (χ2v) is 2.55. The van der Waals surface area contributed by atoms with Crippen LogP contribution < -0.4 is 0 Å². The van der Waals surface area contributed by atoms with Gasteiger partial charge in [-0.15, -0.1) is 0 Å². The topological polar surface area (TPSA) is 12.5 Å². The second-order valence-electron chi connectivity index (χ2n) is 2.55. The molecule has 1 heteroatoms. The zero-order chi connectivity index (χ0) is 5.02. The van der Waals surface area contributed by atoms with Gasteiger partial charge in [-0.05, 0) is 5.92 Å². The highest BCUT2D eigenvalue weighted by molar-refractivity contribution is 5.45. The largest absolute Gasteiger partial charge is 0.457 e. The normalized spacial score (nSPS) is 25.0. The molecule has 0 unspecified atom stereocenters. The lowest BCUT2D eigenvalue weighted by Gasteiger charge is -2.07. The molecule has 1 aliphatic heterocycles. The molecule has 0 radical (unpaired) electrons. The fraction of sp³-hybridized carbons (Fsp3) is 0.667. The summed E-state index contributed by atoms with van der Waals surface area (Å²) in [6, 6.07) is 0. The van der Waals surface area contributed by atoms with Gasteiger partial charge in [0.2, 0.25) is 0 Å². The van der Waals surface area contributed by atoms with E-state index < -0.39 is 0 Å². The van der Waals surface area contributed by atoms with Crippen LogP contribution in [0, 0.1) is 11.8 Å². The first kappa shape index (κ1) is 3.53. The lowest BCUT2D eigenvalue weighted by Crippen LogP contribution is -2.01. The van der Waals surface area contributed by atoms with E-state index in [4.69, 9.17) is 4.74 Å². The predicted octanol–water partition coefficient (Wildman–Crippen LogP) is 1.51. The predicted molar refractivity (Wildman–Crippen MR) is 26.4 cm³/mol. The van der Waals surface area contributed by atoms with Crippen molar-refractivity contribution in [1.82, 2.24) is 0 Å². The molecule has 0 atom stereocenters. The molecular formula is C6H8O. The summed E-state index contributed by atoms with van der Waals surface area (Å²) in [5, 5.41) is 0. The molecule has 0 saturated carbocycles. The molecular weight excluding hydrogens is 88.1 g/mol. The maximum absolute atomic E-state index is 4.91. The number of hydrogen-bond acceptors (Lipinski definition) is 1. The van der Waals surface area contributed by atoms with Gasteiger partial charge in [0, 0.05) is 0 Å². The molecule has 0 bridgehead atoms. The average Bonchev–Trinajstić information content (AvgIpc) is 2.02. The van der Waals surface area contributed by atoms with Crippen molar-refractivity contribution >= 4 is 0 Å². The Labute approximate surface area is 43.0 Å². The highest BCUT2D eigenvalue weighted by Crippen LogP contribution is 2.60.